The maximum absolute atomic E-state index is 6.15. The molecule has 0 amide bonds. The Kier molecular flexibility index (Phi) is 3.50. The minimum absolute atomic E-state index is 0.0156. The van der Waals surface area contributed by atoms with Gasteiger partial charge in [-0.2, -0.15) is 0 Å². The second-order valence-corrected chi connectivity index (χ2v) is 7.65. The van der Waals surface area contributed by atoms with E-state index in [4.69, 9.17) is 5.73 Å². The zero-order chi connectivity index (χ0) is 17.8. The Hall–Kier alpha value is -2.54. The van der Waals surface area contributed by atoms with Gasteiger partial charge in [-0.05, 0) is 93.6 Å². The van der Waals surface area contributed by atoms with E-state index in [2.05, 4.69) is 69.8 Å². The van der Waals surface area contributed by atoms with Crippen molar-refractivity contribution in [1.29, 1.82) is 0 Å². The number of benzene rings is 2. The molecule has 2 aromatic rings. The van der Waals surface area contributed by atoms with Crippen LogP contribution in [-0.4, -0.2) is 0 Å². The predicted octanol–water partition coefficient (Wildman–Crippen LogP) is 4.29. The first kappa shape index (κ1) is 16.0. The van der Waals surface area contributed by atoms with Crippen LogP contribution in [0.3, 0.4) is 0 Å². The first-order chi connectivity index (χ1) is 12.0. The van der Waals surface area contributed by atoms with E-state index in [1.165, 1.54) is 43.5 Å². The molecule has 2 aliphatic rings. The molecule has 2 N–H and O–H groups in total. The van der Waals surface area contributed by atoms with Crippen molar-refractivity contribution in [2.45, 2.75) is 39.0 Å². The smallest absolute Gasteiger partial charge is 0.0156 e. The molecule has 0 heterocycles. The summed E-state index contributed by atoms with van der Waals surface area (Å²) in [4.78, 5) is 0. The van der Waals surface area contributed by atoms with Crippen molar-refractivity contribution in [3.8, 4) is 0 Å². The topological polar surface area (TPSA) is 26.0 Å². The zero-order valence-corrected chi connectivity index (χ0v) is 15.3. The van der Waals surface area contributed by atoms with Gasteiger partial charge in [0.15, 0.2) is 0 Å². The fourth-order valence-corrected chi connectivity index (χ4v) is 4.40. The van der Waals surface area contributed by atoms with Crippen LogP contribution in [-0.2, 0) is 5.41 Å². The molecule has 4 rings (SSSR count). The molecule has 0 saturated carbocycles. The van der Waals surface area contributed by atoms with Crippen molar-refractivity contribution >= 4 is 28.5 Å². The molecule has 0 bridgehead atoms. The van der Waals surface area contributed by atoms with Gasteiger partial charge in [-0.3, -0.25) is 0 Å². The van der Waals surface area contributed by atoms with Gasteiger partial charge in [0.05, 0.1) is 0 Å². The first-order valence-electron chi connectivity index (χ1n) is 9.03. The largest absolute Gasteiger partial charge is 0.402 e. The number of nitrogens with two attached hydrogens (primary N) is 1. The van der Waals surface area contributed by atoms with Crippen LogP contribution >= 0.6 is 0 Å². The highest BCUT2D eigenvalue weighted by atomic mass is 14.6. The van der Waals surface area contributed by atoms with Gasteiger partial charge in [-0.1, -0.05) is 38.7 Å². The average Bonchev–Trinajstić information content (AvgIpc) is 2.80. The van der Waals surface area contributed by atoms with Crippen LogP contribution in [0.2, 0.25) is 0 Å². The number of hydrogen-bond donors (Lipinski definition) is 1. The van der Waals surface area contributed by atoms with Gasteiger partial charge in [-0.15, -0.1) is 0 Å². The van der Waals surface area contributed by atoms with E-state index in [0.717, 1.165) is 18.5 Å². The minimum Gasteiger partial charge on any atom is -0.402 e. The van der Waals surface area contributed by atoms with Crippen molar-refractivity contribution in [3.05, 3.63) is 75.8 Å². The molecular formula is C24H25N. The summed E-state index contributed by atoms with van der Waals surface area (Å²) in [5.41, 5.74) is 12.9. The first-order valence-corrected chi connectivity index (χ1v) is 9.03. The maximum Gasteiger partial charge on any atom is 0.0156 e. The second-order valence-electron chi connectivity index (χ2n) is 7.65. The molecule has 25 heavy (non-hydrogen) atoms. The summed E-state index contributed by atoms with van der Waals surface area (Å²) < 4.78 is 0. The van der Waals surface area contributed by atoms with Crippen LogP contribution in [0, 0.1) is 0 Å². The molecule has 0 spiro atoms. The van der Waals surface area contributed by atoms with Crippen LogP contribution in [0.1, 0.15) is 44.7 Å². The Balaban J connectivity index is 2.05. The number of hydrogen-bond acceptors (Lipinski definition) is 1. The molecule has 0 atom stereocenters. The lowest BCUT2D eigenvalue weighted by molar-refractivity contribution is 0.650. The van der Waals surface area contributed by atoms with E-state index in [0.29, 0.717) is 0 Å². The summed E-state index contributed by atoms with van der Waals surface area (Å²) in [5.74, 6) is 0. The minimum atomic E-state index is 0.0156. The Labute approximate surface area is 149 Å². The van der Waals surface area contributed by atoms with Crippen molar-refractivity contribution < 1.29 is 0 Å². The quantitative estimate of drug-likeness (QED) is 0.831. The summed E-state index contributed by atoms with van der Waals surface area (Å²) in [6.07, 6.45) is 10.3. The van der Waals surface area contributed by atoms with Crippen LogP contribution in [0.5, 0.6) is 0 Å². The fraction of sp³-hybridized carbons (Fsp3) is 0.250. The summed E-state index contributed by atoms with van der Waals surface area (Å²) in [6.45, 7) is 10.6. The highest BCUT2D eigenvalue weighted by molar-refractivity contribution is 5.93. The third-order valence-corrected chi connectivity index (χ3v) is 5.78. The normalized spacial score (nSPS) is 19.9. The summed E-state index contributed by atoms with van der Waals surface area (Å²) in [6, 6.07) is 9.34. The summed E-state index contributed by atoms with van der Waals surface area (Å²) in [7, 11) is 0. The number of allylic oxidation sites excluding steroid dienone is 5. The molecule has 0 unspecified atom stereocenters. The molecule has 0 saturated heterocycles. The summed E-state index contributed by atoms with van der Waals surface area (Å²) in [5, 5.41) is 5.08. The Morgan fingerprint density at radius 1 is 1.04 bits per heavy atom. The van der Waals surface area contributed by atoms with E-state index in [1.807, 2.05) is 6.08 Å². The van der Waals surface area contributed by atoms with Gasteiger partial charge in [0.25, 0.3) is 0 Å². The molecule has 2 aliphatic carbocycles. The van der Waals surface area contributed by atoms with E-state index in [-0.39, 0.29) is 5.41 Å². The lowest BCUT2D eigenvalue weighted by atomic mass is 9.79. The van der Waals surface area contributed by atoms with Gasteiger partial charge >= 0.3 is 0 Å². The molecule has 126 valence electrons. The van der Waals surface area contributed by atoms with Crippen LogP contribution < -0.4 is 16.2 Å². The molecule has 2 aromatic carbocycles. The lowest BCUT2D eigenvalue weighted by Gasteiger charge is -2.25. The lowest BCUT2D eigenvalue weighted by Crippen LogP contribution is -2.23. The highest BCUT2D eigenvalue weighted by Gasteiger charge is 2.37. The highest BCUT2D eigenvalue weighted by Crippen LogP contribution is 2.51. The Morgan fingerprint density at radius 3 is 2.48 bits per heavy atom. The Morgan fingerprint density at radius 2 is 1.76 bits per heavy atom. The maximum atomic E-state index is 6.15. The monoisotopic (exact) mass is 327 g/mol. The van der Waals surface area contributed by atoms with Crippen molar-refractivity contribution in [1.82, 2.24) is 0 Å². The van der Waals surface area contributed by atoms with Crippen molar-refractivity contribution in [2.75, 3.05) is 0 Å². The third-order valence-electron chi connectivity index (χ3n) is 5.78. The molecule has 1 nitrogen and oxygen atoms in total. The molecule has 0 aliphatic heterocycles. The predicted molar refractivity (Wildman–Crippen MR) is 109 cm³/mol. The molecule has 0 aromatic heterocycles. The van der Waals surface area contributed by atoms with Gasteiger partial charge < -0.3 is 5.73 Å². The standard InChI is InChI=1S/C24H25N/c1-5-7-16-11-18-13-22-21(12-17(18)10-15(16)6-2)20-9-8-19(25)14-23(20)24(22,3)4/h5-7,10-14H,1,8-9,25H2,2-4H3/b15-6-,16-7-. The SMILES string of the molecule is C=C/C=c1/cc2cc3c(cc2c/c1=C/C)C1=C(C=C(N)CC1)C3(C)C. The number of rotatable bonds is 1. The van der Waals surface area contributed by atoms with E-state index in [1.54, 1.807) is 0 Å². The van der Waals surface area contributed by atoms with E-state index >= 15 is 0 Å². The van der Waals surface area contributed by atoms with Gasteiger partial charge in [0.1, 0.15) is 0 Å². The Bertz CT molecular complexity index is 1090. The van der Waals surface area contributed by atoms with Gasteiger partial charge in [0, 0.05) is 11.1 Å². The zero-order valence-electron chi connectivity index (χ0n) is 15.3. The molecular weight excluding hydrogens is 302 g/mol. The van der Waals surface area contributed by atoms with Crippen molar-refractivity contribution in [3.63, 3.8) is 0 Å². The van der Waals surface area contributed by atoms with Crippen molar-refractivity contribution in [2.24, 2.45) is 5.73 Å². The molecule has 1 heteroatoms. The van der Waals surface area contributed by atoms with Gasteiger partial charge in [0.2, 0.25) is 0 Å². The van der Waals surface area contributed by atoms with Crippen LogP contribution in [0.4, 0.5) is 0 Å². The fourth-order valence-electron chi connectivity index (χ4n) is 4.40. The van der Waals surface area contributed by atoms with Crippen LogP contribution in [0.25, 0.3) is 28.5 Å². The molecule has 0 radical (unpaired) electrons. The van der Waals surface area contributed by atoms with Crippen LogP contribution in [0.15, 0.2) is 54.3 Å². The number of fused-ring (bicyclic) bond motifs is 3. The third kappa shape index (κ3) is 2.30. The second kappa shape index (κ2) is 5.49. The molecule has 0 fully saturated rings. The van der Waals surface area contributed by atoms with Gasteiger partial charge in [-0.25, -0.2) is 0 Å². The van der Waals surface area contributed by atoms with E-state index in [9.17, 15) is 0 Å². The van der Waals surface area contributed by atoms with E-state index < -0.39 is 0 Å². The summed E-state index contributed by atoms with van der Waals surface area (Å²) >= 11 is 0. The average molecular weight is 327 g/mol.